The van der Waals surface area contributed by atoms with Crippen LogP contribution in [0.4, 0.5) is 11.4 Å². The van der Waals surface area contributed by atoms with Crippen molar-refractivity contribution in [1.29, 1.82) is 0 Å². The van der Waals surface area contributed by atoms with Crippen LogP contribution in [0.5, 0.6) is 11.5 Å². The molecule has 0 unspecified atom stereocenters. The van der Waals surface area contributed by atoms with Gasteiger partial charge in [-0.2, -0.15) is 0 Å². The molecule has 10 nitrogen and oxygen atoms in total. The normalized spacial score (nSPS) is 9.79. The van der Waals surface area contributed by atoms with Crippen molar-refractivity contribution in [2.75, 3.05) is 14.2 Å². The second-order valence-electron chi connectivity index (χ2n) is 3.17. The first-order chi connectivity index (χ1) is 8.84. The van der Waals surface area contributed by atoms with Crippen molar-refractivity contribution in [2.45, 2.75) is 0 Å². The van der Waals surface area contributed by atoms with Crippen molar-refractivity contribution in [3.8, 4) is 11.5 Å². The van der Waals surface area contributed by atoms with Crippen LogP contribution in [0.15, 0.2) is 6.07 Å². The molecule has 102 valence electrons. The van der Waals surface area contributed by atoms with E-state index in [1.165, 1.54) is 0 Å². The zero-order valence-corrected chi connectivity index (χ0v) is 9.78. The number of carboxylic acids is 1. The molecule has 1 rings (SSSR count). The van der Waals surface area contributed by atoms with Crippen LogP contribution in [-0.2, 0) is 0 Å². The minimum absolute atomic E-state index is 0.280. The summed E-state index contributed by atoms with van der Waals surface area (Å²) in [5, 5.41) is 30.6. The molecule has 10 heteroatoms. The molecule has 0 saturated carbocycles. The molecule has 0 aliphatic heterocycles. The fourth-order valence-electron chi connectivity index (χ4n) is 1.49. The monoisotopic (exact) mass is 272 g/mol. The molecule has 0 radical (unpaired) electrons. The molecule has 0 atom stereocenters. The second kappa shape index (κ2) is 5.16. The van der Waals surface area contributed by atoms with Crippen molar-refractivity contribution < 1.29 is 29.2 Å². The molecular weight excluding hydrogens is 264 g/mol. The standard InChI is InChI=1S/C9H8N2O8/c1-18-5-3-4(10(14)15)7(11(16)17)6(9(12)13)8(5)19-2/h3H,1-2H3,(H,12,13). The number of ether oxygens (including phenoxy) is 2. The van der Waals surface area contributed by atoms with Gasteiger partial charge in [-0.3, -0.25) is 20.2 Å². The number of carbonyl (C=O) groups is 1. The summed E-state index contributed by atoms with van der Waals surface area (Å²) >= 11 is 0. The van der Waals surface area contributed by atoms with Crippen molar-refractivity contribution in [3.63, 3.8) is 0 Å². The van der Waals surface area contributed by atoms with E-state index in [0.29, 0.717) is 0 Å². The molecule has 0 bridgehead atoms. The molecule has 0 aromatic heterocycles. The van der Waals surface area contributed by atoms with E-state index >= 15 is 0 Å². The summed E-state index contributed by atoms with van der Waals surface area (Å²) in [6.07, 6.45) is 0. The van der Waals surface area contributed by atoms with Crippen LogP contribution in [0.2, 0.25) is 0 Å². The molecule has 0 aliphatic carbocycles. The predicted octanol–water partition coefficient (Wildman–Crippen LogP) is 1.22. The van der Waals surface area contributed by atoms with Gasteiger partial charge in [0.25, 0.3) is 0 Å². The fourth-order valence-corrected chi connectivity index (χ4v) is 1.49. The molecule has 1 N–H and O–H groups in total. The van der Waals surface area contributed by atoms with Gasteiger partial charge in [-0.05, 0) is 0 Å². The van der Waals surface area contributed by atoms with Gasteiger partial charge in [0.15, 0.2) is 17.1 Å². The van der Waals surface area contributed by atoms with Crippen LogP contribution < -0.4 is 9.47 Å². The van der Waals surface area contributed by atoms with Crippen LogP contribution in [-0.4, -0.2) is 35.1 Å². The molecule has 19 heavy (non-hydrogen) atoms. The lowest BCUT2D eigenvalue weighted by Crippen LogP contribution is -2.09. The first-order valence-electron chi connectivity index (χ1n) is 4.66. The number of nitrogens with zero attached hydrogens (tertiary/aromatic N) is 2. The molecule has 0 heterocycles. The molecular formula is C9H8N2O8. The summed E-state index contributed by atoms with van der Waals surface area (Å²) in [6.45, 7) is 0. The topological polar surface area (TPSA) is 142 Å². The molecule has 0 aliphatic rings. The van der Waals surface area contributed by atoms with E-state index in [9.17, 15) is 25.0 Å². The van der Waals surface area contributed by atoms with E-state index < -0.39 is 38.5 Å². The highest BCUT2D eigenvalue weighted by atomic mass is 16.6. The van der Waals surface area contributed by atoms with Gasteiger partial charge in [0.1, 0.15) is 0 Å². The quantitative estimate of drug-likeness (QED) is 0.622. The van der Waals surface area contributed by atoms with E-state index in [2.05, 4.69) is 0 Å². The van der Waals surface area contributed by atoms with Crippen LogP contribution in [0.25, 0.3) is 0 Å². The number of nitro groups is 2. The van der Waals surface area contributed by atoms with Crippen LogP contribution >= 0.6 is 0 Å². The number of hydrogen-bond acceptors (Lipinski definition) is 7. The third kappa shape index (κ3) is 2.36. The third-order valence-electron chi connectivity index (χ3n) is 2.22. The van der Waals surface area contributed by atoms with Gasteiger partial charge < -0.3 is 14.6 Å². The maximum Gasteiger partial charge on any atom is 0.364 e. The summed E-state index contributed by atoms with van der Waals surface area (Å²) < 4.78 is 9.46. The Morgan fingerprint density at radius 3 is 2.11 bits per heavy atom. The first kappa shape index (κ1) is 14.2. The van der Waals surface area contributed by atoms with Gasteiger partial charge in [0.05, 0.1) is 30.1 Å². The molecule has 0 fully saturated rings. The summed E-state index contributed by atoms with van der Waals surface area (Å²) in [7, 11) is 2.19. The predicted molar refractivity (Wildman–Crippen MR) is 59.8 cm³/mol. The van der Waals surface area contributed by atoms with Crippen molar-refractivity contribution in [3.05, 3.63) is 31.9 Å². The maximum absolute atomic E-state index is 11.1. The molecule has 0 spiro atoms. The van der Waals surface area contributed by atoms with Crippen LogP contribution in [0, 0.1) is 20.2 Å². The van der Waals surface area contributed by atoms with Gasteiger partial charge in [0.2, 0.25) is 0 Å². The number of rotatable bonds is 5. The summed E-state index contributed by atoms with van der Waals surface area (Å²) in [5.74, 6) is -2.46. The number of hydrogen-bond donors (Lipinski definition) is 1. The zero-order valence-electron chi connectivity index (χ0n) is 9.78. The second-order valence-corrected chi connectivity index (χ2v) is 3.17. The van der Waals surface area contributed by atoms with Gasteiger partial charge in [0, 0.05) is 0 Å². The van der Waals surface area contributed by atoms with Gasteiger partial charge in [-0.25, -0.2) is 4.79 Å². The molecule has 1 aromatic carbocycles. The highest BCUT2D eigenvalue weighted by Gasteiger charge is 2.38. The Morgan fingerprint density at radius 1 is 1.21 bits per heavy atom. The van der Waals surface area contributed by atoms with Gasteiger partial charge >= 0.3 is 17.3 Å². The lowest BCUT2D eigenvalue weighted by molar-refractivity contribution is -0.422. The average Bonchev–Trinajstić information content (AvgIpc) is 2.35. The van der Waals surface area contributed by atoms with E-state index in [1.54, 1.807) is 0 Å². The Kier molecular flexibility index (Phi) is 3.85. The Morgan fingerprint density at radius 2 is 1.79 bits per heavy atom. The Labute approximate surface area is 105 Å². The van der Waals surface area contributed by atoms with Crippen molar-refractivity contribution >= 4 is 17.3 Å². The number of aromatic carboxylic acids is 1. The Balaban J connectivity index is 3.89. The summed E-state index contributed by atoms with van der Waals surface area (Å²) in [6, 6.07) is 0.739. The lowest BCUT2D eigenvalue weighted by atomic mass is 10.1. The summed E-state index contributed by atoms with van der Waals surface area (Å²) in [4.78, 5) is 30.5. The fraction of sp³-hybridized carbons (Fsp3) is 0.222. The van der Waals surface area contributed by atoms with Crippen molar-refractivity contribution in [2.24, 2.45) is 0 Å². The minimum Gasteiger partial charge on any atom is -0.493 e. The Bertz CT molecular complexity index is 568. The van der Waals surface area contributed by atoms with Gasteiger partial charge in [-0.1, -0.05) is 0 Å². The van der Waals surface area contributed by atoms with E-state index in [4.69, 9.17) is 14.6 Å². The maximum atomic E-state index is 11.1. The Hall–Kier alpha value is -2.91. The number of carboxylic acid groups (broad SMARTS) is 1. The smallest absolute Gasteiger partial charge is 0.364 e. The molecule has 0 amide bonds. The third-order valence-corrected chi connectivity index (χ3v) is 2.22. The summed E-state index contributed by atoms with van der Waals surface area (Å²) in [5.41, 5.74) is -3.08. The number of methoxy groups -OCH3 is 2. The first-order valence-corrected chi connectivity index (χ1v) is 4.66. The molecule has 1 aromatic rings. The van der Waals surface area contributed by atoms with E-state index in [0.717, 1.165) is 20.3 Å². The zero-order chi connectivity index (χ0) is 14.7. The average molecular weight is 272 g/mol. The number of nitro benzene ring substituents is 2. The van der Waals surface area contributed by atoms with E-state index in [1.807, 2.05) is 0 Å². The lowest BCUT2D eigenvalue weighted by Gasteiger charge is -2.10. The highest BCUT2D eigenvalue weighted by Crippen LogP contribution is 2.43. The van der Waals surface area contributed by atoms with Crippen molar-refractivity contribution in [1.82, 2.24) is 0 Å². The highest BCUT2D eigenvalue weighted by molar-refractivity contribution is 5.99. The molecule has 0 saturated heterocycles. The van der Waals surface area contributed by atoms with Gasteiger partial charge in [-0.15, -0.1) is 0 Å². The number of benzene rings is 1. The van der Waals surface area contributed by atoms with E-state index in [-0.39, 0.29) is 5.75 Å². The van der Waals surface area contributed by atoms with Crippen LogP contribution in [0.1, 0.15) is 10.4 Å². The minimum atomic E-state index is -1.73. The SMILES string of the molecule is COc1cc([N+](=O)[O-])c([N+](=O)[O-])c(C(=O)O)c1OC. The van der Waals surface area contributed by atoms with Crippen LogP contribution in [0.3, 0.4) is 0 Å². The largest absolute Gasteiger partial charge is 0.493 e.